The Hall–Kier alpha value is -2.33. The summed E-state index contributed by atoms with van der Waals surface area (Å²) in [6.45, 7) is 7.82. The highest BCUT2D eigenvalue weighted by molar-refractivity contribution is 5.77. The van der Waals surface area contributed by atoms with E-state index in [1.807, 2.05) is 13.0 Å². The molecule has 2 aromatic carbocycles. The van der Waals surface area contributed by atoms with Gasteiger partial charge in [-0.3, -0.25) is 4.79 Å². The molecule has 0 radical (unpaired) electrons. The van der Waals surface area contributed by atoms with Crippen molar-refractivity contribution in [2.75, 3.05) is 20.7 Å². The Morgan fingerprint density at radius 2 is 1.73 bits per heavy atom. The fourth-order valence-electron chi connectivity index (χ4n) is 2.82. The zero-order chi connectivity index (χ0) is 19.1. The van der Waals surface area contributed by atoms with Crippen LogP contribution in [-0.2, 0) is 17.9 Å². The second-order valence-corrected chi connectivity index (χ2v) is 7.46. The lowest BCUT2D eigenvalue weighted by atomic mass is 10.0. The third-order valence-electron chi connectivity index (χ3n) is 4.22. The average Bonchev–Trinajstić information content (AvgIpc) is 2.58. The summed E-state index contributed by atoms with van der Waals surface area (Å²) in [5, 5.41) is 2.92. The second kappa shape index (κ2) is 9.39. The quantitative estimate of drug-likeness (QED) is 0.764. The molecule has 0 bridgehead atoms. The van der Waals surface area contributed by atoms with Gasteiger partial charge in [0.05, 0.1) is 14.1 Å². The monoisotopic (exact) mass is 355 g/mol. The topological polar surface area (TPSA) is 42.8 Å². The van der Waals surface area contributed by atoms with Gasteiger partial charge in [0.15, 0.2) is 6.61 Å². The molecule has 26 heavy (non-hydrogen) atoms. The Bertz CT molecular complexity index is 721. The van der Waals surface area contributed by atoms with Gasteiger partial charge in [-0.1, -0.05) is 50.2 Å². The number of rotatable bonds is 8. The van der Waals surface area contributed by atoms with Crippen molar-refractivity contribution in [2.24, 2.45) is 0 Å². The minimum absolute atomic E-state index is 0.0330. The summed E-state index contributed by atoms with van der Waals surface area (Å²) in [6, 6.07) is 14.5. The maximum atomic E-state index is 12.1. The van der Waals surface area contributed by atoms with Gasteiger partial charge in [0.1, 0.15) is 12.3 Å². The molecule has 4 heteroatoms. The summed E-state index contributed by atoms with van der Waals surface area (Å²) in [5.41, 5.74) is 4.64. The van der Waals surface area contributed by atoms with Crippen LogP contribution in [0.3, 0.4) is 0 Å². The van der Waals surface area contributed by atoms with E-state index in [4.69, 9.17) is 4.74 Å². The van der Waals surface area contributed by atoms with Gasteiger partial charge in [0.25, 0.3) is 5.91 Å². The van der Waals surface area contributed by atoms with Gasteiger partial charge in [-0.05, 0) is 35.6 Å². The minimum atomic E-state index is -0.108. The molecule has 0 aromatic heterocycles. The first kappa shape index (κ1) is 20.0. The maximum Gasteiger partial charge on any atom is 0.258 e. The van der Waals surface area contributed by atoms with E-state index in [0.29, 0.717) is 12.5 Å². The van der Waals surface area contributed by atoms with E-state index in [-0.39, 0.29) is 12.5 Å². The van der Waals surface area contributed by atoms with Crippen LogP contribution in [0, 0.1) is 6.92 Å². The van der Waals surface area contributed by atoms with Crippen LogP contribution in [0.25, 0.3) is 0 Å². The Morgan fingerprint density at radius 3 is 2.35 bits per heavy atom. The fraction of sp³-hybridized carbons (Fsp3) is 0.409. The molecular formula is C22H31N2O2+. The zero-order valence-electron chi connectivity index (χ0n) is 16.6. The number of amides is 1. The molecule has 0 unspecified atom stereocenters. The lowest BCUT2D eigenvalue weighted by Gasteiger charge is -2.15. The Kier molecular flexibility index (Phi) is 7.22. The molecule has 0 saturated heterocycles. The smallest absolute Gasteiger partial charge is 0.258 e. The predicted octanol–water partition coefficient (Wildman–Crippen LogP) is 2.46. The van der Waals surface area contributed by atoms with Crippen molar-refractivity contribution in [3.8, 4) is 5.75 Å². The number of hydrogen-bond acceptors (Lipinski definition) is 2. The first-order valence-electron chi connectivity index (χ1n) is 9.22. The van der Waals surface area contributed by atoms with E-state index >= 15 is 0 Å². The van der Waals surface area contributed by atoms with Crippen LogP contribution in [0.4, 0.5) is 0 Å². The fourth-order valence-corrected chi connectivity index (χ4v) is 2.82. The van der Waals surface area contributed by atoms with Crippen molar-refractivity contribution in [1.82, 2.24) is 5.32 Å². The second-order valence-electron chi connectivity index (χ2n) is 7.46. The Labute approximate surface area is 157 Å². The van der Waals surface area contributed by atoms with Crippen molar-refractivity contribution < 1.29 is 14.4 Å². The van der Waals surface area contributed by atoms with Gasteiger partial charge in [-0.15, -0.1) is 0 Å². The van der Waals surface area contributed by atoms with E-state index in [1.54, 1.807) is 0 Å². The normalized spacial score (nSPS) is 11.0. The number of ether oxygens (including phenoxy) is 1. The van der Waals surface area contributed by atoms with Crippen LogP contribution in [0.1, 0.15) is 42.0 Å². The molecule has 2 N–H and O–H groups in total. The van der Waals surface area contributed by atoms with E-state index in [0.717, 1.165) is 29.0 Å². The van der Waals surface area contributed by atoms with Crippen molar-refractivity contribution in [2.45, 2.75) is 39.8 Å². The molecule has 0 fully saturated rings. The molecule has 0 aliphatic heterocycles. The van der Waals surface area contributed by atoms with Gasteiger partial charge >= 0.3 is 0 Å². The Balaban J connectivity index is 1.85. The number of carbonyl (C=O) groups is 1. The van der Waals surface area contributed by atoms with Crippen LogP contribution >= 0.6 is 0 Å². The molecule has 0 atom stereocenters. The lowest BCUT2D eigenvalue weighted by Crippen LogP contribution is -3.04. The number of hydrogen-bond donors (Lipinski definition) is 2. The maximum absolute atomic E-state index is 12.1. The van der Waals surface area contributed by atoms with E-state index < -0.39 is 0 Å². The molecule has 0 aliphatic carbocycles. The number of benzene rings is 2. The summed E-state index contributed by atoms with van der Waals surface area (Å²) in [4.78, 5) is 13.5. The highest BCUT2D eigenvalue weighted by Crippen LogP contribution is 2.27. The van der Waals surface area contributed by atoms with E-state index in [9.17, 15) is 4.79 Å². The van der Waals surface area contributed by atoms with Crippen LogP contribution in [0.5, 0.6) is 5.75 Å². The molecule has 0 heterocycles. The molecule has 1 amide bonds. The van der Waals surface area contributed by atoms with Gasteiger partial charge < -0.3 is 15.0 Å². The van der Waals surface area contributed by atoms with Crippen molar-refractivity contribution in [3.63, 3.8) is 0 Å². The molecule has 0 aliphatic rings. The molecule has 0 saturated carbocycles. The number of carbonyl (C=O) groups excluding carboxylic acids is 1. The molecule has 140 valence electrons. The van der Waals surface area contributed by atoms with Gasteiger partial charge in [-0.25, -0.2) is 0 Å². The van der Waals surface area contributed by atoms with Gasteiger partial charge in [0, 0.05) is 12.1 Å². The summed E-state index contributed by atoms with van der Waals surface area (Å²) in [6.07, 6.45) is 0. The van der Waals surface area contributed by atoms with Crippen LogP contribution < -0.4 is 15.0 Å². The molecule has 4 nitrogen and oxygen atoms in total. The van der Waals surface area contributed by atoms with E-state index in [1.165, 1.54) is 10.5 Å². The standard InChI is InChI=1S/C22H30N2O2/c1-16(2)20-11-6-17(3)12-21(20)26-15-22(25)23-13-18-7-9-19(10-8-18)14-24(4)5/h6-12,16H,13-15H2,1-5H3,(H,23,25)/p+1. The third kappa shape index (κ3) is 6.19. The number of aryl methyl sites for hydroxylation is 1. The highest BCUT2D eigenvalue weighted by atomic mass is 16.5. The molecular weight excluding hydrogens is 324 g/mol. The molecule has 2 rings (SSSR count). The van der Waals surface area contributed by atoms with Crippen LogP contribution in [0.2, 0.25) is 0 Å². The van der Waals surface area contributed by atoms with Gasteiger partial charge in [-0.2, -0.15) is 0 Å². The lowest BCUT2D eigenvalue weighted by molar-refractivity contribution is -0.872. The summed E-state index contributed by atoms with van der Waals surface area (Å²) in [5.74, 6) is 1.05. The molecule has 0 spiro atoms. The minimum Gasteiger partial charge on any atom is -0.483 e. The molecule has 2 aromatic rings. The van der Waals surface area contributed by atoms with Crippen molar-refractivity contribution in [1.29, 1.82) is 0 Å². The van der Waals surface area contributed by atoms with Crippen molar-refractivity contribution in [3.05, 3.63) is 64.7 Å². The summed E-state index contributed by atoms with van der Waals surface area (Å²) < 4.78 is 5.78. The number of quaternary nitrogens is 1. The predicted molar refractivity (Wildman–Crippen MR) is 106 cm³/mol. The van der Waals surface area contributed by atoms with E-state index in [2.05, 4.69) is 69.7 Å². The zero-order valence-corrected chi connectivity index (χ0v) is 16.6. The number of nitrogens with one attached hydrogen (secondary N) is 2. The third-order valence-corrected chi connectivity index (χ3v) is 4.22. The summed E-state index contributed by atoms with van der Waals surface area (Å²) in [7, 11) is 4.26. The first-order valence-corrected chi connectivity index (χ1v) is 9.22. The largest absolute Gasteiger partial charge is 0.483 e. The first-order chi connectivity index (χ1) is 12.3. The van der Waals surface area contributed by atoms with Crippen LogP contribution in [-0.4, -0.2) is 26.6 Å². The average molecular weight is 356 g/mol. The Morgan fingerprint density at radius 1 is 1.08 bits per heavy atom. The highest BCUT2D eigenvalue weighted by Gasteiger charge is 2.10. The SMILES string of the molecule is Cc1ccc(C(C)C)c(OCC(=O)NCc2ccc(C[NH+](C)C)cc2)c1. The van der Waals surface area contributed by atoms with Crippen LogP contribution in [0.15, 0.2) is 42.5 Å². The summed E-state index contributed by atoms with van der Waals surface area (Å²) >= 11 is 0. The van der Waals surface area contributed by atoms with Crippen molar-refractivity contribution >= 4 is 5.91 Å². The van der Waals surface area contributed by atoms with Gasteiger partial charge in [0.2, 0.25) is 0 Å².